The molecule has 0 amide bonds. The van der Waals surface area contributed by atoms with E-state index in [0.717, 1.165) is 37.0 Å². The van der Waals surface area contributed by atoms with Crippen molar-refractivity contribution < 1.29 is 14.0 Å². The van der Waals surface area contributed by atoms with E-state index in [1.54, 1.807) is 0 Å². The predicted molar refractivity (Wildman–Crippen MR) is 51.2 cm³/mol. The Labute approximate surface area is 80.3 Å². The van der Waals surface area contributed by atoms with Crippen molar-refractivity contribution in [2.24, 2.45) is 0 Å². The third kappa shape index (κ3) is 1.70. The summed E-state index contributed by atoms with van der Waals surface area (Å²) in [4.78, 5) is 11.5. The van der Waals surface area contributed by atoms with Crippen LogP contribution in [-0.2, 0) is 9.53 Å². The number of esters is 1. The Kier molecular flexibility index (Phi) is 3.31. The molecule has 13 heavy (non-hydrogen) atoms. The Morgan fingerprint density at radius 2 is 2.08 bits per heavy atom. The number of carbonyl (C=O) groups excluding carboxylic acids is 1. The SMILES string of the molecule is CC[N+]1(CC)CCC[C@H]1C(=O)OC. The maximum Gasteiger partial charge on any atom is 0.364 e. The second kappa shape index (κ2) is 4.09. The molecule has 76 valence electrons. The van der Waals surface area contributed by atoms with Gasteiger partial charge in [-0.25, -0.2) is 4.79 Å². The standard InChI is InChI=1S/C10H20NO2/c1-4-11(5-2)8-6-7-9(11)10(12)13-3/h9H,4-8H2,1-3H3/q+1/t9-/m0/s1. The van der Waals surface area contributed by atoms with Gasteiger partial charge >= 0.3 is 5.97 Å². The van der Waals surface area contributed by atoms with Crippen molar-refractivity contribution in [1.29, 1.82) is 0 Å². The highest BCUT2D eigenvalue weighted by Gasteiger charge is 2.44. The first-order chi connectivity index (χ1) is 6.20. The molecule has 0 N–H and O–H groups in total. The Morgan fingerprint density at radius 3 is 2.54 bits per heavy atom. The molecule has 3 nitrogen and oxygen atoms in total. The minimum atomic E-state index is -0.0267. The van der Waals surface area contributed by atoms with E-state index in [-0.39, 0.29) is 12.0 Å². The molecule has 3 heteroatoms. The summed E-state index contributed by atoms with van der Waals surface area (Å²) in [5, 5.41) is 0. The molecule has 1 rings (SSSR count). The predicted octanol–water partition coefficient (Wildman–Crippen LogP) is 1.18. The molecule has 0 aromatic heterocycles. The van der Waals surface area contributed by atoms with Gasteiger partial charge in [0.05, 0.1) is 26.7 Å². The van der Waals surface area contributed by atoms with Gasteiger partial charge in [0.1, 0.15) is 0 Å². The summed E-state index contributed by atoms with van der Waals surface area (Å²) in [6, 6.07) is 0.0972. The van der Waals surface area contributed by atoms with Crippen molar-refractivity contribution in [2.45, 2.75) is 32.7 Å². The molecule has 0 unspecified atom stereocenters. The topological polar surface area (TPSA) is 26.3 Å². The number of hydrogen-bond donors (Lipinski definition) is 0. The van der Waals surface area contributed by atoms with Crippen molar-refractivity contribution in [3.8, 4) is 0 Å². The zero-order chi connectivity index (χ0) is 9.90. The lowest BCUT2D eigenvalue weighted by Gasteiger charge is -2.36. The summed E-state index contributed by atoms with van der Waals surface area (Å²) in [6.07, 6.45) is 2.15. The van der Waals surface area contributed by atoms with E-state index in [0.29, 0.717) is 0 Å². The molecule has 1 aliphatic rings. The third-order valence-corrected chi connectivity index (χ3v) is 3.47. The Morgan fingerprint density at radius 1 is 1.46 bits per heavy atom. The Bertz CT molecular complexity index is 187. The third-order valence-electron chi connectivity index (χ3n) is 3.47. The van der Waals surface area contributed by atoms with Crippen LogP contribution in [0.25, 0.3) is 0 Å². The van der Waals surface area contributed by atoms with E-state index in [4.69, 9.17) is 4.74 Å². The number of nitrogens with zero attached hydrogens (tertiary/aromatic N) is 1. The molecule has 1 atom stereocenters. The van der Waals surface area contributed by atoms with Crippen LogP contribution in [0.3, 0.4) is 0 Å². The molecule has 0 radical (unpaired) electrons. The normalized spacial score (nSPS) is 25.9. The highest BCUT2D eigenvalue weighted by molar-refractivity contribution is 5.74. The van der Waals surface area contributed by atoms with E-state index in [9.17, 15) is 4.79 Å². The smallest absolute Gasteiger partial charge is 0.364 e. The monoisotopic (exact) mass is 186 g/mol. The van der Waals surface area contributed by atoms with Crippen LogP contribution in [0.4, 0.5) is 0 Å². The summed E-state index contributed by atoms with van der Waals surface area (Å²) in [6.45, 7) is 7.52. The molecular weight excluding hydrogens is 166 g/mol. The number of carbonyl (C=O) groups is 1. The minimum Gasteiger partial charge on any atom is -0.465 e. The molecular formula is C10H20NO2+. The van der Waals surface area contributed by atoms with Crippen LogP contribution in [-0.4, -0.2) is 43.2 Å². The van der Waals surface area contributed by atoms with Gasteiger partial charge in [0, 0.05) is 12.8 Å². The molecule has 0 aromatic carbocycles. The van der Waals surface area contributed by atoms with Gasteiger partial charge in [-0.3, -0.25) is 0 Å². The van der Waals surface area contributed by atoms with Crippen molar-refractivity contribution in [3.05, 3.63) is 0 Å². The van der Waals surface area contributed by atoms with Crippen LogP contribution in [0.15, 0.2) is 0 Å². The zero-order valence-corrected chi connectivity index (χ0v) is 8.88. The van der Waals surface area contributed by atoms with Crippen LogP contribution in [0, 0.1) is 0 Å². The van der Waals surface area contributed by atoms with Crippen LogP contribution in [0.2, 0.25) is 0 Å². The van der Waals surface area contributed by atoms with E-state index in [1.807, 2.05) is 0 Å². The first-order valence-electron chi connectivity index (χ1n) is 5.13. The lowest BCUT2D eigenvalue weighted by atomic mass is 10.2. The van der Waals surface area contributed by atoms with Gasteiger partial charge in [0.25, 0.3) is 0 Å². The molecule has 1 heterocycles. The fourth-order valence-electron chi connectivity index (χ4n) is 2.49. The van der Waals surface area contributed by atoms with Crippen LogP contribution < -0.4 is 0 Å². The molecule has 1 fully saturated rings. The first kappa shape index (κ1) is 10.5. The number of quaternary nitrogens is 1. The maximum absolute atomic E-state index is 11.5. The van der Waals surface area contributed by atoms with Gasteiger partial charge in [-0.2, -0.15) is 0 Å². The fourth-order valence-corrected chi connectivity index (χ4v) is 2.49. The van der Waals surface area contributed by atoms with Gasteiger partial charge in [-0.15, -0.1) is 0 Å². The van der Waals surface area contributed by atoms with Crippen LogP contribution in [0.5, 0.6) is 0 Å². The zero-order valence-electron chi connectivity index (χ0n) is 8.88. The van der Waals surface area contributed by atoms with E-state index >= 15 is 0 Å². The number of likely N-dealkylation sites (N-methyl/N-ethyl adjacent to an activating group) is 1. The van der Waals surface area contributed by atoms with E-state index in [2.05, 4.69) is 13.8 Å². The number of methoxy groups -OCH3 is 1. The fraction of sp³-hybridized carbons (Fsp3) is 0.900. The molecule has 0 saturated carbocycles. The van der Waals surface area contributed by atoms with Crippen LogP contribution >= 0.6 is 0 Å². The Balaban J connectivity index is 2.77. The molecule has 1 aliphatic heterocycles. The highest BCUT2D eigenvalue weighted by atomic mass is 16.5. The summed E-state index contributed by atoms with van der Waals surface area (Å²) in [5.41, 5.74) is 0. The summed E-state index contributed by atoms with van der Waals surface area (Å²) >= 11 is 0. The van der Waals surface area contributed by atoms with Crippen molar-refractivity contribution in [2.75, 3.05) is 26.7 Å². The quantitative estimate of drug-likeness (QED) is 0.488. The van der Waals surface area contributed by atoms with E-state index < -0.39 is 0 Å². The molecule has 0 spiro atoms. The second-order valence-corrected chi connectivity index (χ2v) is 3.76. The number of ether oxygens (including phenoxy) is 1. The lowest BCUT2D eigenvalue weighted by molar-refractivity contribution is -0.928. The van der Waals surface area contributed by atoms with Crippen LogP contribution in [0.1, 0.15) is 26.7 Å². The van der Waals surface area contributed by atoms with Gasteiger partial charge in [0.15, 0.2) is 6.04 Å². The highest BCUT2D eigenvalue weighted by Crippen LogP contribution is 2.27. The molecule has 0 aliphatic carbocycles. The minimum absolute atomic E-state index is 0.0267. The van der Waals surface area contributed by atoms with Gasteiger partial charge in [0.2, 0.25) is 0 Å². The second-order valence-electron chi connectivity index (χ2n) is 3.76. The summed E-state index contributed by atoms with van der Waals surface area (Å²) in [7, 11) is 1.49. The number of likely N-dealkylation sites (tertiary alicyclic amines) is 1. The maximum atomic E-state index is 11.5. The largest absolute Gasteiger partial charge is 0.465 e. The van der Waals surface area contributed by atoms with Crippen molar-refractivity contribution in [3.63, 3.8) is 0 Å². The summed E-state index contributed by atoms with van der Waals surface area (Å²) in [5.74, 6) is -0.0267. The Hall–Kier alpha value is -0.570. The van der Waals surface area contributed by atoms with Crippen molar-refractivity contribution >= 4 is 5.97 Å². The summed E-state index contributed by atoms with van der Waals surface area (Å²) < 4.78 is 5.76. The average Bonchev–Trinajstić information content (AvgIpc) is 2.60. The first-order valence-corrected chi connectivity index (χ1v) is 5.13. The van der Waals surface area contributed by atoms with Crippen molar-refractivity contribution in [1.82, 2.24) is 0 Å². The molecule has 0 bridgehead atoms. The lowest BCUT2D eigenvalue weighted by Crippen LogP contribution is -2.54. The number of hydrogen-bond acceptors (Lipinski definition) is 2. The molecule has 0 aromatic rings. The van der Waals surface area contributed by atoms with Gasteiger partial charge in [-0.1, -0.05) is 0 Å². The van der Waals surface area contributed by atoms with E-state index in [1.165, 1.54) is 7.11 Å². The molecule has 1 saturated heterocycles. The average molecular weight is 186 g/mol. The van der Waals surface area contributed by atoms with Gasteiger partial charge in [-0.05, 0) is 13.8 Å². The van der Waals surface area contributed by atoms with Gasteiger partial charge < -0.3 is 9.22 Å². The number of rotatable bonds is 3.